The molecule has 1 heterocycles. The van der Waals surface area contributed by atoms with Gasteiger partial charge in [-0.25, -0.2) is 9.18 Å². The van der Waals surface area contributed by atoms with Crippen LogP contribution in [-0.2, 0) is 11.3 Å². The number of carboxylic acid groups (broad SMARTS) is 1. The molecule has 2 aromatic rings. The molecule has 2 rings (SSSR count). The Balaban J connectivity index is 2.33. The first kappa shape index (κ1) is 12.4. The average Bonchev–Trinajstić information content (AvgIpc) is 2.74. The van der Waals surface area contributed by atoms with E-state index in [1.165, 1.54) is 6.07 Å². The third-order valence-electron chi connectivity index (χ3n) is 2.95. The first-order valence-corrected chi connectivity index (χ1v) is 5.79. The van der Waals surface area contributed by atoms with E-state index < -0.39 is 5.97 Å². The van der Waals surface area contributed by atoms with Crippen LogP contribution in [-0.4, -0.2) is 15.6 Å². The maximum absolute atomic E-state index is 13.5. The van der Waals surface area contributed by atoms with E-state index in [1.807, 2.05) is 10.6 Å². The lowest BCUT2D eigenvalue weighted by molar-refractivity contribution is -0.132. The zero-order valence-corrected chi connectivity index (χ0v) is 10.1. The van der Waals surface area contributed by atoms with E-state index in [4.69, 9.17) is 5.11 Å². The molecular formula is C14H14FNO2. The molecule has 0 aliphatic heterocycles. The summed E-state index contributed by atoms with van der Waals surface area (Å²) in [7, 11) is 0. The number of nitrogens with zero attached hydrogens (tertiary/aromatic N) is 1. The van der Waals surface area contributed by atoms with Gasteiger partial charge in [-0.1, -0.05) is 19.1 Å². The average molecular weight is 247 g/mol. The van der Waals surface area contributed by atoms with Gasteiger partial charge in [0.05, 0.1) is 5.52 Å². The van der Waals surface area contributed by atoms with Crippen LogP contribution in [0.1, 0.15) is 13.3 Å². The number of benzene rings is 1. The highest BCUT2D eigenvalue weighted by Gasteiger charge is 2.06. The number of hydrogen-bond donors (Lipinski definition) is 1. The summed E-state index contributed by atoms with van der Waals surface area (Å²) in [5, 5.41) is 9.48. The molecule has 0 bridgehead atoms. The van der Waals surface area contributed by atoms with E-state index in [0.29, 0.717) is 23.9 Å². The summed E-state index contributed by atoms with van der Waals surface area (Å²) in [6, 6.07) is 6.58. The normalized spacial score (nSPS) is 12.0. The number of fused-ring (bicyclic) bond motifs is 1. The van der Waals surface area contributed by atoms with E-state index in [1.54, 1.807) is 31.3 Å². The Hall–Kier alpha value is -2.10. The number of aliphatic carboxylic acids is 1. The van der Waals surface area contributed by atoms with E-state index in [9.17, 15) is 9.18 Å². The summed E-state index contributed by atoms with van der Waals surface area (Å²) in [6.07, 6.45) is 3.90. The van der Waals surface area contributed by atoms with Gasteiger partial charge in [0.2, 0.25) is 0 Å². The molecule has 1 aromatic heterocycles. The van der Waals surface area contributed by atoms with Crippen LogP contribution < -0.4 is 0 Å². The van der Waals surface area contributed by atoms with Crippen molar-refractivity contribution < 1.29 is 14.3 Å². The Morgan fingerprint density at radius 2 is 2.22 bits per heavy atom. The molecule has 0 aliphatic rings. The molecule has 0 saturated heterocycles. The van der Waals surface area contributed by atoms with Crippen LogP contribution in [0.5, 0.6) is 0 Å². The number of carbonyl (C=O) groups is 1. The van der Waals surface area contributed by atoms with Crippen molar-refractivity contribution in [3.05, 3.63) is 47.9 Å². The van der Waals surface area contributed by atoms with Crippen molar-refractivity contribution in [2.24, 2.45) is 0 Å². The zero-order valence-electron chi connectivity index (χ0n) is 10.1. The highest BCUT2D eigenvalue weighted by atomic mass is 19.1. The van der Waals surface area contributed by atoms with E-state index in [2.05, 4.69) is 0 Å². The lowest BCUT2D eigenvalue weighted by Crippen LogP contribution is -2.02. The lowest BCUT2D eigenvalue weighted by Gasteiger charge is -2.03. The molecule has 0 saturated carbocycles. The van der Waals surface area contributed by atoms with Gasteiger partial charge in [0, 0.05) is 23.7 Å². The summed E-state index contributed by atoms with van der Waals surface area (Å²) < 4.78 is 15.3. The van der Waals surface area contributed by atoms with Crippen molar-refractivity contribution in [3.8, 4) is 0 Å². The number of aromatic nitrogens is 1. The first-order chi connectivity index (χ1) is 8.63. The molecule has 4 heteroatoms. The molecule has 0 radical (unpaired) electrons. The van der Waals surface area contributed by atoms with Crippen molar-refractivity contribution in [3.63, 3.8) is 0 Å². The van der Waals surface area contributed by atoms with E-state index in [0.717, 1.165) is 5.52 Å². The Morgan fingerprint density at radius 3 is 2.89 bits per heavy atom. The highest BCUT2D eigenvalue weighted by Crippen LogP contribution is 2.19. The second-order valence-corrected chi connectivity index (χ2v) is 4.03. The van der Waals surface area contributed by atoms with Gasteiger partial charge < -0.3 is 9.67 Å². The van der Waals surface area contributed by atoms with Gasteiger partial charge in [-0.3, -0.25) is 0 Å². The van der Waals surface area contributed by atoms with Gasteiger partial charge in [-0.2, -0.15) is 0 Å². The summed E-state index contributed by atoms with van der Waals surface area (Å²) in [6.45, 7) is 2.23. The number of carboxylic acids is 1. The van der Waals surface area contributed by atoms with Gasteiger partial charge in [0.25, 0.3) is 0 Å². The quantitative estimate of drug-likeness (QED) is 0.843. The van der Waals surface area contributed by atoms with Gasteiger partial charge in [-0.15, -0.1) is 0 Å². The molecule has 0 aliphatic carbocycles. The van der Waals surface area contributed by atoms with Gasteiger partial charge in [0.1, 0.15) is 5.82 Å². The summed E-state index contributed by atoms with van der Waals surface area (Å²) >= 11 is 0. The zero-order chi connectivity index (χ0) is 13.1. The highest BCUT2D eigenvalue weighted by molar-refractivity contribution is 5.86. The van der Waals surface area contributed by atoms with Crippen LogP contribution in [0.2, 0.25) is 0 Å². The first-order valence-electron chi connectivity index (χ1n) is 5.79. The molecule has 0 atom stereocenters. The minimum Gasteiger partial charge on any atom is -0.478 e. The van der Waals surface area contributed by atoms with Crippen LogP contribution in [0.25, 0.3) is 10.9 Å². The monoisotopic (exact) mass is 247 g/mol. The second kappa shape index (κ2) is 5.04. The topological polar surface area (TPSA) is 42.2 Å². The Kier molecular flexibility index (Phi) is 3.46. The van der Waals surface area contributed by atoms with Crippen LogP contribution in [0.3, 0.4) is 0 Å². The Morgan fingerprint density at radius 1 is 1.44 bits per heavy atom. The third kappa shape index (κ3) is 2.27. The van der Waals surface area contributed by atoms with Gasteiger partial charge >= 0.3 is 5.97 Å². The predicted molar refractivity (Wildman–Crippen MR) is 67.9 cm³/mol. The number of halogens is 1. The number of allylic oxidation sites excluding steroid dienone is 1. The maximum atomic E-state index is 13.5. The van der Waals surface area contributed by atoms with Gasteiger partial charge in [-0.05, 0) is 24.6 Å². The Labute approximate surface area is 104 Å². The summed E-state index contributed by atoms with van der Waals surface area (Å²) in [4.78, 5) is 10.9. The molecule has 94 valence electrons. The van der Waals surface area contributed by atoms with Crippen molar-refractivity contribution in [2.45, 2.75) is 19.9 Å². The fraction of sp³-hybridized carbons (Fsp3) is 0.214. The van der Waals surface area contributed by atoms with Gasteiger partial charge in [0.15, 0.2) is 0 Å². The largest absolute Gasteiger partial charge is 0.478 e. The van der Waals surface area contributed by atoms with Crippen molar-refractivity contribution in [1.82, 2.24) is 4.57 Å². The van der Waals surface area contributed by atoms with E-state index in [-0.39, 0.29) is 5.82 Å². The van der Waals surface area contributed by atoms with E-state index >= 15 is 0 Å². The Bertz CT molecular complexity index is 613. The number of rotatable bonds is 4. The molecule has 3 nitrogen and oxygen atoms in total. The molecule has 18 heavy (non-hydrogen) atoms. The molecule has 0 fully saturated rings. The number of hydrogen-bond acceptors (Lipinski definition) is 1. The standard InChI is InChI=1S/C14H14FNO2/c1-2-10(14(17)18)6-8-16-9-7-11-12(15)4-3-5-13(11)16/h3-7,9H,2,8H2,1H3,(H,17,18)/b10-6-. The summed E-state index contributed by atoms with van der Waals surface area (Å²) in [5.74, 6) is -1.16. The lowest BCUT2D eigenvalue weighted by atomic mass is 10.2. The molecule has 0 amide bonds. The van der Waals surface area contributed by atoms with Crippen molar-refractivity contribution >= 4 is 16.9 Å². The fourth-order valence-electron chi connectivity index (χ4n) is 1.94. The predicted octanol–water partition coefficient (Wildman–Crippen LogP) is 3.20. The van der Waals surface area contributed by atoms with Crippen molar-refractivity contribution in [1.29, 1.82) is 0 Å². The van der Waals surface area contributed by atoms with Crippen LogP contribution in [0.15, 0.2) is 42.1 Å². The molecule has 0 spiro atoms. The molecule has 1 N–H and O–H groups in total. The maximum Gasteiger partial charge on any atom is 0.331 e. The molecule has 1 aromatic carbocycles. The van der Waals surface area contributed by atoms with Crippen LogP contribution in [0.4, 0.5) is 4.39 Å². The molecular weight excluding hydrogens is 233 g/mol. The minimum absolute atomic E-state index is 0.260. The molecule has 0 unspecified atom stereocenters. The fourth-order valence-corrected chi connectivity index (χ4v) is 1.94. The minimum atomic E-state index is -0.903. The smallest absolute Gasteiger partial charge is 0.331 e. The van der Waals surface area contributed by atoms with Crippen LogP contribution >= 0.6 is 0 Å². The summed E-state index contributed by atoms with van der Waals surface area (Å²) in [5.41, 5.74) is 1.14. The van der Waals surface area contributed by atoms with Crippen molar-refractivity contribution in [2.75, 3.05) is 0 Å². The second-order valence-electron chi connectivity index (χ2n) is 4.03. The van der Waals surface area contributed by atoms with Crippen LogP contribution in [0, 0.1) is 5.82 Å². The SMILES string of the molecule is CC/C(=C/Cn1ccc2c(F)cccc21)C(=O)O. The third-order valence-corrected chi connectivity index (χ3v) is 2.95.